The number of hydrogen-bond acceptors (Lipinski definition) is 5. The van der Waals surface area contributed by atoms with E-state index in [4.69, 9.17) is 0 Å². The molecular formula is C15H19N3O3S. The van der Waals surface area contributed by atoms with E-state index in [1.807, 2.05) is 17.6 Å². The van der Waals surface area contributed by atoms with Crippen LogP contribution in [0.3, 0.4) is 0 Å². The first kappa shape index (κ1) is 15.1. The molecule has 0 atom stereocenters. The fourth-order valence-electron chi connectivity index (χ4n) is 2.75. The average molecular weight is 321 g/mol. The zero-order valence-electron chi connectivity index (χ0n) is 12.7. The number of aromatic nitrogens is 1. The van der Waals surface area contributed by atoms with Gasteiger partial charge < -0.3 is 19.5 Å². The number of aromatic carboxylic acids is 1. The van der Waals surface area contributed by atoms with Crippen LogP contribution in [0.25, 0.3) is 10.2 Å². The Bertz CT molecular complexity index is 772. The predicted molar refractivity (Wildman–Crippen MR) is 88.4 cm³/mol. The summed E-state index contributed by atoms with van der Waals surface area (Å²) in [5.74, 6) is -1.16. The molecular weight excluding hydrogens is 302 g/mol. The average Bonchev–Trinajstić information content (AvgIpc) is 2.94. The van der Waals surface area contributed by atoms with Gasteiger partial charge in [0.2, 0.25) is 5.43 Å². The highest BCUT2D eigenvalue weighted by Gasteiger charge is 2.20. The minimum absolute atomic E-state index is 0.152. The van der Waals surface area contributed by atoms with E-state index >= 15 is 0 Å². The molecule has 2 aromatic rings. The number of likely N-dealkylation sites (N-methyl/N-ethyl adjacent to an activating group) is 1. The van der Waals surface area contributed by atoms with Crippen molar-refractivity contribution < 1.29 is 9.90 Å². The second-order valence-corrected chi connectivity index (χ2v) is 6.58. The van der Waals surface area contributed by atoms with Crippen molar-refractivity contribution in [3.05, 3.63) is 28.0 Å². The molecule has 1 fully saturated rings. The number of hydrogen-bond donors (Lipinski definition) is 1. The lowest BCUT2D eigenvalue weighted by Crippen LogP contribution is -2.44. The Morgan fingerprint density at radius 2 is 2.00 bits per heavy atom. The number of piperazine rings is 1. The van der Waals surface area contributed by atoms with Crippen LogP contribution in [0.4, 0.5) is 5.00 Å². The summed E-state index contributed by atoms with van der Waals surface area (Å²) in [5, 5.41) is 10.3. The molecule has 1 saturated heterocycles. The van der Waals surface area contributed by atoms with Crippen LogP contribution in [0.1, 0.15) is 17.3 Å². The number of anilines is 1. The second kappa shape index (κ2) is 5.73. The zero-order valence-corrected chi connectivity index (χ0v) is 13.5. The SMILES string of the molecule is CCn1cc(C(=O)O)c(=O)c2sc(N3CCN(C)CC3)cc21. The molecule has 3 rings (SSSR count). The van der Waals surface area contributed by atoms with Crippen molar-refractivity contribution >= 4 is 32.5 Å². The fraction of sp³-hybridized carbons (Fsp3) is 0.467. The van der Waals surface area contributed by atoms with E-state index in [0.29, 0.717) is 11.2 Å². The molecule has 22 heavy (non-hydrogen) atoms. The molecule has 118 valence electrons. The molecule has 7 heteroatoms. The quantitative estimate of drug-likeness (QED) is 0.929. The zero-order chi connectivity index (χ0) is 15.9. The van der Waals surface area contributed by atoms with Crippen LogP contribution in [0.2, 0.25) is 0 Å². The van der Waals surface area contributed by atoms with Crippen LogP contribution in [0.5, 0.6) is 0 Å². The summed E-state index contributed by atoms with van der Waals surface area (Å²) in [6.45, 7) is 6.42. The fourth-order valence-corrected chi connectivity index (χ4v) is 3.92. The topological polar surface area (TPSA) is 65.8 Å². The Labute approximate surface area is 132 Å². The van der Waals surface area contributed by atoms with Crippen molar-refractivity contribution in [2.75, 3.05) is 38.1 Å². The number of nitrogens with zero attached hydrogens (tertiary/aromatic N) is 3. The minimum atomic E-state index is -1.16. The minimum Gasteiger partial charge on any atom is -0.477 e. The lowest BCUT2D eigenvalue weighted by atomic mass is 10.2. The van der Waals surface area contributed by atoms with Crippen LogP contribution < -0.4 is 10.3 Å². The van der Waals surface area contributed by atoms with Crippen LogP contribution in [0.15, 0.2) is 17.1 Å². The molecule has 0 spiro atoms. The van der Waals surface area contributed by atoms with Crippen molar-refractivity contribution in [2.45, 2.75) is 13.5 Å². The summed E-state index contributed by atoms with van der Waals surface area (Å²) in [6, 6.07) is 2.02. The standard InChI is InChI=1S/C15H19N3O3S/c1-3-17-9-10(15(20)21)13(19)14-11(17)8-12(22-14)18-6-4-16(2)5-7-18/h8-9H,3-7H2,1-2H3,(H,20,21). The molecule has 0 aromatic carbocycles. The smallest absolute Gasteiger partial charge is 0.341 e. The van der Waals surface area contributed by atoms with Gasteiger partial charge in [0.25, 0.3) is 0 Å². The number of carboxylic acid groups (broad SMARTS) is 1. The molecule has 0 radical (unpaired) electrons. The number of thiophene rings is 1. The van der Waals surface area contributed by atoms with E-state index in [2.05, 4.69) is 16.8 Å². The monoisotopic (exact) mass is 321 g/mol. The van der Waals surface area contributed by atoms with Crippen LogP contribution in [0, 0.1) is 0 Å². The maximum atomic E-state index is 12.4. The molecule has 3 heterocycles. The largest absolute Gasteiger partial charge is 0.477 e. The highest BCUT2D eigenvalue weighted by molar-refractivity contribution is 7.22. The number of rotatable bonds is 3. The Hall–Kier alpha value is -1.86. The summed E-state index contributed by atoms with van der Waals surface area (Å²) in [7, 11) is 2.10. The Morgan fingerprint density at radius 3 is 2.59 bits per heavy atom. The van der Waals surface area contributed by atoms with Crippen LogP contribution >= 0.6 is 11.3 Å². The van der Waals surface area contributed by atoms with Crippen molar-refractivity contribution in [1.29, 1.82) is 0 Å². The molecule has 6 nitrogen and oxygen atoms in total. The van der Waals surface area contributed by atoms with Crippen molar-refractivity contribution in [2.24, 2.45) is 0 Å². The summed E-state index contributed by atoms with van der Waals surface area (Å²) < 4.78 is 2.38. The van der Waals surface area contributed by atoms with Gasteiger partial charge in [-0.05, 0) is 20.0 Å². The van der Waals surface area contributed by atoms with Crippen LogP contribution in [-0.2, 0) is 6.54 Å². The van der Waals surface area contributed by atoms with Gasteiger partial charge in [-0.25, -0.2) is 4.79 Å². The van der Waals surface area contributed by atoms with E-state index in [-0.39, 0.29) is 11.0 Å². The van der Waals surface area contributed by atoms with Crippen molar-refractivity contribution in [3.8, 4) is 0 Å². The van der Waals surface area contributed by atoms with Gasteiger partial charge in [-0.15, -0.1) is 11.3 Å². The molecule has 1 aliphatic heterocycles. The highest BCUT2D eigenvalue weighted by Crippen LogP contribution is 2.31. The normalized spacial score (nSPS) is 16.4. The number of carboxylic acids is 1. The van der Waals surface area contributed by atoms with E-state index in [9.17, 15) is 14.7 Å². The highest BCUT2D eigenvalue weighted by atomic mass is 32.1. The van der Waals surface area contributed by atoms with Crippen molar-refractivity contribution in [3.63, 3.8) is 0 Å². The van der Waals surface area contributed by atoms with Crippen molar-refractivity contribution in [1.82, 2.24) is 9.47 Å². The van der Waals surface area contributed by atoms with E-state index in [0.717, 1.165) is 36.7 Å². The third kappa shape index (κ3) is 2.50. The Kier molecular flexibility index (Phi) is 3.92. The van der Waals surface area contributed by atoms with Gasteiger partial charge in [-0.2, -0.15) is 0 Å². The lowest BCUT2D eigenvalue weighted by Gasteiger charge is -2.32. The summed E-state index contributed by atoms with van der Waals surface area (Å²) in [6.07, 6.45) is 1.45. The molecule has 1 N–H and O–H groups in total. The Balaban J connectivity index is 2.10. The molecule has 0 bridgehead atoms. The number of pyridine rings is 1. The summed E-state index contributed by atoms with van der Waals surface area (Å²) >= 11 is 1.40. The van der Waals surface area contributed by atoms with Gasteiger partial charge in [-0.1, -0.05) is 0 Å². The Morgan fingerprint density at radius 1 is 1.32 bits per heavy atom. The van der Waals surface area contributed by atoms with Crippen LogP contribution in [-0.4, -0.2) is 53.8 Å². The molecule has 0 unspecified atom stereocenters. The molecule has 1 aliphatic rings. The van der Waals surface area contributed by atoms with E-state index < -0.39 is 5.97 Å². The number of fused-ring (bicyclic) bond motifs is 1. The first-order valence-corrected chi connectivity index (χ1v) is 8.16. The van der Waals surface area contributed by atoms with E-state index in [1.54, 1.807) is 0 Å². The first-order chi connectivity index (χ1) is 10.5. The van der Waals surface area contributed by atoms with Gasteiger partial charge in [0.1, 0.15) is 10.3 Å². The maximum absolute atomic E-state index is 12.4. The number of carbonyl (C=O) groups is 1. The van der Waals surface area contributed by atoms with E-state index in [1.165, 1.54) is 17.5 Å². The van der Waals surface area contributed by atoms with Gasteiger partial charge in [0.05, 0.1) is 10.5 Å². The third-order valence-corrected chi connectivity index (χ3v) is 5.31. The maximum Gasteiger partial charge on any atom is 0.341 e. The second-order valence-electron chi connectivity index (χ2n) is 5.55. The molecule has 0 saturated carbocycles. The predicted octanol–water partition coefficient (Wildman–Crippen LogP) is 1.53. The van der Waals surface area contributed by atoms with Gasteiger partial charge in [0.15, 0.2) is 0 Å². The third-order valence-electron chi connectivity index (χ3n) is 4.13. The van der Waals surface area contributed by atoms with Gasteiger partial charge in [0, 0.05) is 38.9 Å². The lowest BCUT2D eigenvalue weighted by molar-refractivity contribution is 0.0695. The summed E-state index contributed by atoms with van der Waals surface area (Å²) in [4.78, 5) is 28.2. The molecule has 0 aliphatic carbocycles. The summed E-state index contributed by atoms with van der Waals surface area (Å²) in [5.41, 5.74) is 0.301. The molecule has 2 aromatic heterocycles. The van der Waals surface area contributed by atoms with Gasteiger partial charge in [-0.3, -0.25) is 4.79 Å². The number of aryl methyl sites for hydroxylation is 1. The molecule has 0 amide bonds. The van der Waals surface area contributed by atoms with Gasteiger partial charge >= 0.3 is 5.97 Å². The first-order valence-electron chi connectivity index (χ1n) is 7.35.